The number of ether oxygens (including phenoxy) is 2. The maximum atomic E-state index is 5.13. The lowest BCUT2D eigenvalue weighted by Gasteiger charge is -2.09. The quantitative estimate of drug-likeness (QED) is 0.810. The van der Waals surface area contributed by atoms with E-state index in [9.17, 15) is 0 Å². The number of hydrogen-bond acceptors (Lipinski definition) is 4. The van der Waals surface area contributed by atoms with Gasteiger partial charge in [-0.05, 0) is 34.5 Å². The van der Waals surface area contributed by atoms with Gasteiger partial charge >= 0.3 is 0 Å². The predicted molar refractivity (Wildman–Crippen MR) is 66.9 cm³/mol. The average Bonchev–Trinajstić information content (AvgIpc) is 2.68. The van der Waals surface area contributed by atoms with Crippen molar-refractivity contribution in [3.8, 4) is 0 Å². The van der Waals surface area contributed by atoms with Gasteiger partial charge in [0.25, 0.3) is 0 Å². The highest BCUT2D eigenvalue weighted by molar-refractivity contribution is 9.10. The van der Waals surface area contributed by atoms with Crippen LogP contribution in [-0.2, 0) is 15.9 Å². The number of aromatic nitrogens is 3. The zero-order valence-corrected chi connectivity index (χ0v) is 11.6. The maximum Gasteiger partial charge on any atom is 0.163 e. The summed E-state index contributed by atoms with van der Waals surface area (Å²) < 4.78 is 13.0. The minimum absolute atomic E-state index is 0.309. The Balaban J connectivity index is 2.34. The Morgan fingerprint density at radius 3 is 2.76 bits per heavy atom. The summed E-state index contributed by atoms with van der Waals surface area (Å²) in [6, 6.07) is 2.01. The summed E-state index contributed by atoms with van der Waals surface area (Å²) in [7, 11) is 3.21. The van der Waals surface area contributed by atoms with Crippen molar-refractivity contribution in [3.63, 3.8) is 0 Å². The minimum atomic E-state index is -0.309. The van der Waals surface area contributed by atoms with Crippen molar-refractivity contribution in [2.75, 3.05) is 14.2 Å². The molecule has 92 valence electrons. The van der Waals surface area contributed by atoms with Crippen LogP contribution in [0, 0.1) is 6.92 Å². The summed E-state index contributed by atoms with van der Waals surface area (Å²) in [6.45, 7) is 2.00. The number of halogens is 1. The van der Waals surface area contributed by atoms with Gasteiger partial charge < -0.3 is 9.47 Å². The second kappa shape index (κ2) is 5.12. The molecule has 0 bridgehead atoms. The molecule has 0 fully saturated rings. The Morgan fingerprint density at radius 1 is 1.41 bits per heavy atom. The molecule has 0 aliphatic rings. The lowest BCUT2D eigenvalue weighted by Crippen LogP contribution is -2.16. The first-order valence-corrected chi connectivity index (χ1v) is 6.00. The van der Waals surface area contributed by atoms with Crippen LogP contribution in [0.3, 0.4) is 0 Å². The molecule has 6 heteroatoms. The van der Waals surface area contributed by atoms with Gasteiger partial charge in [0.2, 0.25) is 0 Å². The van der Waals surface area contributed by atoms with Gasteiger partial charge in [0.1, 0.15) is 0 Å². The first-order valence-electron chi connectivity index (χ1n) is 5.21. The molecule has 0 atom stereocenters. The fourth-order valence-corrected chi connectivity index (χ4v) is 2.19. The van der Waals surface area contributed by atoms with Gasteiger partial charge in [-0.25, -0.2) is 9.50 Å². The van der Waals surface area contributed by atoms with Gasteiger partial charge in [-0.1, -0.05) is 0 Å². The van der Waals surface area contributed by atoms with Crippen LogP contribution < -0.4 is 0 Å². The van der Waals surface area contributed by atoms with Gasteiger partial charge in [-0.15, -0.1) is 0 Å². The van der Waals surface area contributed by atoms with E-state index in [1.807, 2.05) is 19.2 Å². The van der Waals surface area contributed by atoms with Crippen LogP contribution in [-0.4, -0.2) is 35.1 Å². The van der Waals surface area contributed by atoms with Gasteiger partial charge in [0.05, 0.1) is 6.42 Å². The van der Waals surface area contributed by atoms with Crippen molar-refractivity contribution in [3.05, 3.63) is 28.1 Å². The first kappa shape index (κ1) is 12.5. The number of hydrogen-bond donors (Lipinski definition) is 0. The molecule has 2 aromatic heterocycles. The van der Waals surface area contributed by atoms with Crippen LogP contribution in [0.4, 0.5) is 0 Å². The molecule has 0 amide bonds. The number of methoxy groups -OCH3 is 2. The van der Waals surface area contributed by atoms with Crippen molar-refractivity contribution in [1.82, 2.24) is 14.6 Å². The van der Waals surface area contributed by atoms with Crippen LogP contribution in [0.25, 0.3) is 5.65 Å². The Morgan fingerprint density at radius 2 is 2.12 bits per heavy atom. The van der Waals surface area contributed by atoms with E-state index in [4.69, 9.17) is 9.47 Å². The van der Waals surface area contributed by atoms with E-state index in [0.29, 0.717) is 12.2 Å². The zero-order chi connectivity index (χ0) is 12.4. The van der Waals surface area contributed by atoms with E-state index in [2.05, 4.69) is 26.0 Å². The van der Waals surface area contributed by atoms with Crippen molar-refractivity contribution < 1.29 is 9.47 Å². The maximum absolute atomic E-state index is 5.13. The third-order valence-corrected chi connectivity index (χ3v) is 2.94. The predicted octanol–water partition coefficient (Wildman–Crippen LogP) is 1.96. The standard InChI is InChI=1S/C11H14BrN3O2/c1-7-4-8(12)6-15-11(7)13-9(14-15)5-10(16-2)17-3/h4,6,10H,5H2,1-3H3. The summed E-state index contributed by atoms with van der Waals surface area (Å²) in [6.07, 6.45) is 2.11. The van der Waals surface area contributed by atoms with E-state index >= 15 is 0 Å². The van der Waals surface area contributed by atoms with E-state index in [-0.39, 0.29) is 6.29 Å². The molecule has 0 unspecified atom stereocenters. The molecule has 0 N–H and O–H groups in total. The van der Waals surface area contributed by atoms with Gasteiger partial charge in [0, 0.05) is 24.9 Å². The third kappa shape index (κ3) is 2.65. The molecule has 0 aromatic carbocycles. The van der Waals surface area contributed by atoms with Gasteiger partial charge in [0.15, 0.2) is 17.8 Å². The van der Waals surface area contributed by atoms with Crippen molar-refractivity contribution in [2.45, 2.75) is 19.6 Å². The topological polar surface area (TPSA) is 48.7 Å². The number of fused-ring (bicyclic) bond motifs is 1. The molecule has 0 saturated heterocycles. The highest BCUT2D eigenvalue weighted by atomic mass is 79.9. The van der Waals surface area contributed by atoms with Crippen LogP contribution in [0.15, 0.2) is 16.7 Å². The second-order valence-electron chi connectivity index (χ2n) is 3.74. The molecule has 0 aliphatic carbocycles. The largest absolute Gasteiger partial charge is 0.355 e. The van der Waals surface area contributed by atoms with Crippen molar-refractivity contribution >= 4 is 21.6 Å². The molecular weight excluding hydrogens is 286 g/mol. The van der Waals surface area contributed by atoms with Crippen LogP contribution in [0.2, 0.25) is 0 Å². The fraction of sp³-hybridized carbons (Fsp3) is 0.455. The van der Waals surface area contributed by atoms with E-state index in [1.165, 1.54) is 0 Å². The third-order valence-electron chi connectivity index (χ3n) is 2.50. The summed E-state index contributed by atoms with van der Waals surface area (Å²) in [5, 5.41) is 4.39. The highest BCUT2D eigenvalue weighted by Gasteiger charge is 2.12. The lowest BCUT2D eigenvalue weighted by molar-refractivity contribution is -0.101. The molecular formula is C11H14BrN3O2. The molecule has 0 aliphatic heterocycles. The number of rotatable bonds is 4. The zero-order valence-electron chi connectivity index (χ0n) is 9.98. The monoisotopic (exact) mass is 299 g/mol. The fourth-order valence-electron chi connectivity index (χ4n) is 1.65. The summed E-state index contributed by atoms with van der Waals surface area (Å²) in [5.74, 6) is 0.708. The Hall–Kier alpha value is -0.980. The lowest BCUT2D eigenvalue weighted by atomic mass is 10.3. The molecule has 2 heterocycles. The minimum Gasteiger partial charge on any atom is -0.355 e. The SMILES string of the molecule is COC(Cc1nc2c(C)cc(Br)cn2n1)OC. The summed E-state index contributed by atoms with van der Waals surface area (Å²) in [4.78, 5) is 4.46. The molecule has 0 spiro atoms. The van der Waals surface area contributed by atoms with E-state index in [1.54, 1.807) is 18.7 Å². The van der Waals surface area contributed by atoms with Crippen LogP contribution in [0.5, 0.6) is 0 Å². The molecule has 5 nitrogen and oxygen atoms in total. The summed E-state index contributed by atoms with van der Waals surface area (Å²) in [5.41, 5.74) is 1.93. The van der Waals surface area contributed by atoms with Crippen molar-refractivity contribution in [2.24, 2.45) is 0 Å². The van der Waals surface area contributed by atoms with E-state index < -0.39 is 0 Å². The molecule has 17 heavy (non-hydrogen) atoms. The van der Waals surface area contributed by atoms with Crippen LogP contribution >= 0.6 is 15.9 Å². The van der Waals surface area contributed by atoms with E-state index in [0.717, 1.165) is 15.7 Å². The molecule has 2 aromatic rings. The second-order valence-corrected chi connectivity index (χ2v) is 4.66. The van der Waals surface area contributed by atoms with Crippen molar-refractivity contribution in [1.29, 1.82) is 0 Å². The number of pyridine rings is 1. The smallest absolute Gasteiger partial charge is 0.163 e. The molecule has 0 radical (unpaired) electrons. The van der Waals surface area contributed by atoms with Gasteiger partial charge in [-0.2, -0.15) is 5.10 Å². The summed E-state index contributed by atoms with van der Waals surface area (Å²) >= 11 is 3.43. The first-order chi connectivity index (χ1) is 8.13. The Bertz CT molecular complexity index is 523. The normalized spacial score (nSPS) is 11.6. The Kier molecular flexibility index (Phi) is 3.76. The molecule has 2 rings (SSSR count). The number of nitrogens with zero attached hydrogens (tertiary/aromatic N) is 3. The van der Waals surface area contributed by atoms with Crippen LogP contribution in [0.1, 0.15) is 11.4 Å². The highest BCUT2D eigenvalue weighted by Crippen LogP contribution is 2.16. The molecule has 0 saturated carbocycles. The van der Waals surface area contributed by atoms with Gasteiger partial charge in [-0.3, -0.25) is 0 Å². The average molecular weight is 300 g/mol. The Labute approximate surface area is 108 Å². The number of aryl methyl sites for hydroxylation is 1.